The Morgan fingerprint density at radius 1 is 1.23 bits per heavy atom. The maximum absolute atomic E-state index is 13.2. The number of rotatable bonds is 7. The van der Waals surface area contributed by atoms with Crippen molar-refractivity contribution in [2.45, 2.75) is 69.4 Å². The van der Waals surface area contributed by atoms with Crippen LogP contribution < -0.4 is 15.5 Å². The van der Waals surface area contributed by atoms with Crippen molar-refractivity contribution in [2.24, 2.45) is 0 Å². The van der Waals surface area contributed by atoms with Gasteiger partial charge in [-0.25, -0.2) is 9.97 Å². The van der Waals surface area contributed by atoms with Crippen LogP contribution in [0.4, 0.5) is 22.7 Å². The molecule has 2 aliphatic carbocycles. The first-order chi connectivity index (χ1) is 17.2. The van der Waals surface area contributed by atoms with Crippen LogP contribution in [0.1, 0.15) is 61.4 Å². The van der Waals surface area contributed by atoms with Crippen LogP contribution in [0.5, 0.6) is 0 Å². The number of aromatic amines is 1. The van der Waals surface area contributed by atoms with Crippen LogP contribution in [0, 0.1) is 0 Å². The molecule has 0 spiro atoms. The zero-order valence-corrected chi connectivity index (χ0v) is 20.6. The van der Waals surface area contributed by atoms with Crippen molar-refractivity contribution in [1.82, 2.24) is 25.1 Å². The first-order valence-corrected chi connectivity index (χ1v) is 13.3. The highest BCUT2D eigenvalue weighted by molar-refractivity contribution is 7.13. The number of fused-ring (bicyclic) bond motifs is 1. The van der Waals surface area contributed by atoms with E-state index < -0.39 is 6.04 Å². The average Bonchev–Trinajstić information content (AvgIpc) is 3.67. The lowest BCUT2D eigenvalue weighted by Gasteiger charge is -2.24. The molecule has 1 aliphatic heterocycles. The zero-order valence-electron chi connectivity index (χ0n) is 19.8. The van der Waals surface area contributed by atoms with Gasteiger partial charge in [-0.05, 0) is 32.1 Å². The predicted octanol–water partition coefficient (Wildman–Crippen LogP) is 3.78. The zero-order chi connectivity index (χ0) is 23.8. The highest BCUT2D eigenvalue weighted by Gasteiger charge is 2.39. The van der Waals surface area contributed by atoms with Crippen LogP contribution in [0.25, 0.3) is 0 Å². The van der Waals surface area contributed by atoms with Crippen molar-refractivity contribution >= 4 is 40.0 Å². The molecule has 0 aromatic carbocycles. The number of hydrogen-bond donors (Lipinski definition) is 3. The molecule has 35 heavy (non-hydrogen) atoms. The number of methoxy groups -OCH3 is 1. The summed E-state index contributed by atoms with van der Waals surface area (Å²) in [6, 6.07) is 1.68. The molecule has 3 aromatic rings. The number of carbonyl (C=O) groups is 1. The van der Waals surface area contributed by atoms with E-state index in [1.165, 1.54) is 42.7 Å². The molecule has 6 rings (SSSR count). The van der Waals surface area contributed by atoms with Crippen LogP contribution in [0.15, 0.2) is 17.6 Å². The van der Waals surface area contributed by atoms with E-state index in [2.05, 4.69) is 31.9 Å². The van der Waals surface area contributed by atoms with Gasteiger partial charge in [-0.3, -0.25) is 9.89 Å². The predicted molar refractivity (Wildman–Crippen MR) is 134 cm³/mol. The molecular formula is C24H30N8O2S. The third-order valence-electron chi connectivity index (χ3n) is 7.38. The number of nitrogens with one attached hydrogen (secondary N) is 3. The first kappa shape index (κ1) is 22.4. The van der Waals surface area contributed by atoms with Gasteiger partial charge in [-0.15, -0.1) is 11.3 Å². The number of ether oxygens (including phenoxy) is 1. The molecular weight excluding hydrogens is 464 g/mol. The van der Waals surface area contributed by atoms with E-state index in [4.69, 9.17) is 14.7 Å². The number of nitrogens with zero attached hydrogens (tertiary/aromatic N) is 5. The van der Waals surface area contributed by atoms with Crippen LogP contribution in [0.3, 0.4) is 0 Å². The Bertz CT molecular complexity index is 1190. The maximum Gasteiger partial charge on any atom is 0.249 e. The third-order valence-corrected chi connectivity index (χ3v) is 8.07. The molecule has 11 heteroatoms. The van der Waals surface area contributed by atoms with Crippen molar-refractivity contribution in [3.05, 3.63) is 34.6 Å². The molecule has 1 saturated carbocycles. The van der Waals surface area contributed by atoms with Gasteiger partial charge in [0.2, 0.25) is 11.9 Å². The molecule has 184 valence electrons. The minimum atomic E-state index is -0.435. The summed E-state index contributed by atoms with van der Waals surface area (Å²) < 4.78 is 5.63. The molecule has 1 amide bonds. The summed E-state index contributed by atoms with van der Waals surface area (Å²) >= 11 is 1.40. The van der Waals surface area contributed by atoms with E-state index in [0.29, 0.717) is 30.0 Å². The molecule has 2 fully saturated rings. The average molecular weight is 495 g/mol. The van der Waals surface area contributed by atoms with Gasteiger partial charge in [-0.2, -0.15) is 10.1 Å². The minimum Gasteiger partial charge on any atom is -0.380 e. The van der Waals surface area contributed by atoms with E-state index in [1.807, 2.05) is 10.3 Å². The molecule has 1 saturated heterocycles. The van der Waals surface area contributed by atoms with E-state index in [-0.39, 0.29) is 12.0 Å². The standard InChI is InChI=1S/C24H30N8O2S/c1-34-15-11-19(22(33)29-24-25-9-10-35-24)32(13-15)23-26-17-8-4-7-16(17)21(28-23)27-20-12-18(30-31-20)14-5-2-3-6-14/h9-10,12,14-15,19H,2-8,11,13H2,1H3,(H,25,29,33)(H2,26,27,28,30,31)/t15-,19+/m0/s1. The first-order valence-electron chi connectivity index (χ1n) is 12.4. The van der Waals surface area contributed by atoms with E-state index in [1.54, 1.807) is 13.3 Å². The fourth-order valence-electron chi connectivity index (χ4n) is 5.53. The third kappa shape index (κ3) is 4.50. The second kappa shape index (κ2) is 9.54. The molecule has 3 N–H and O–H groups in total. The summed E-state index contributed by atoms with van der Waals surface area (Å²) in [4.78, 5) is 29.2. The van der Waals surface area contributed by atoms with Gasteiger partial charge in [0.15, 0.2) is 10.9 Å². The number of anilines is 4. The molecule has 4 heterocycles. The number of aromatic nitrogens is 5. The largest absolute Gasteiger partial charge is 0.380 e. The van der Waals surface area contributed by atoms with Crippen LogP contribution in [-0.4, -0.2) is 56.9 Å². The van der Waals surface area contributed by atoms with E-state index in [9.17, 15) is 4.79 Å². The van der Waals surface area contributed by atoms with Crippen molar-refractivity contribution < 1.29 is 9.53 Å². The Morgan fingerprint density at radius 3 is 2.91 bits per heavy atom. The van der Waals surface area contributed by atoms with E-state index >= 15 is 0 Å². The molecule has 3 aliphatic rings. The fourth-order valence-corrected chi connectivity index (χ4v) is 6.06. The van der Waals surface area contributed by atoms with Gasteiger partial charge < -0.3 is 20.3 Å². The minimum absolute atomic E-state index is 0.0735. The number of aryl methyl sites for hydroxylation is 1. The number of amides is 1. The quantitative estimate of drug-likeness (QED) is 0.454. The van der Waals surface area contributed by atoms with Gasteiger partial charge >= 0.3 is 0 Å². The SMILES string of the molecule is CO[C@H]1C[C@H](C(=O)Nc2nccs2)N(c2nc3c(c(Nc4cc(C5CCCC5)[nH]n4)n2)CCC3)C1. The van der Waals surface area contributed by atoms with Gasteiger partial charge in [0.1, 0.15) is 11.9 Å². The Kier molecular flexibility index (Phi) is 6.11. The number of H-pyrrole nitrogens is 1. The topological polar surface area (TPSA) is 121 Å². The molecule has 0 bridgehead atoms. The number of thiazole rings is 1. The van der Waals surface area contributed by atoms with Gasteiger partial charge in [0.05, 0.1) is 11.8 Å². The maximum atomic E-state index is 13.2. The van der Waals surface area contributed by atoms with Gasteiger partial charge in [0, 0.05) is 54.9 Å². The summed E-state index contributed by atoms with van der Waals surface area (Å²) in [6.45, 7) is 0.554. The van der Waals surface area contributed by atoms with Crippen molar-refractivity contribution in [3.8, 4) is 0 Å². The number of carbonyl (C=O) groups excluding carboxylic acids is 1. The monoisotopic (exact) mass is 494 g/mol. The highest BCUT2D eigenvalue weighted by atomic mass is 32.1. The van der Waals surface area contributed by atoms with E-state index in [0.717, 1.165) is 42.2 Å². The lowest BCUT2D eigenvalue weighted by atomic mass is 10.0. The second-order valence-corrected chi connectivity index (χ2v) is 10.4. The summed E-state index contributed by atoms with van der Waals surface area (Å²) in [6.07, 6.45) is 10.1. The summed E-state index contributed by atoms with van der Waals surface area (Å²) in [5.74, 6) is 2.56. The van der Waals surface area contributed by atoms with Crippen LogP contribution in [-0.2, 0) is 22.4 Å². The summed E-state index contributed by atoms with van der Waals surface area (Å²) in [5.41, 5.74) is 3.38. The van der Waals surface area contributed by atoms with Crippen molar-refractivity contribution in [1.29, 1.82) is 0 Å². The Hall–Kier alpha value is -3.05. The summed E-state index contributed by atoms with van der Waals surface area (Å²) in [7, 11) is 1.68. The molecule has 0 unspecified atom stereocenters. The van der Waals surface area contributed by atoms with Gasteiger partial charge in [-0.1, -0.05) is 12.8 Å². The second-order valence-electron chi connectivity index (χ2n) is 9.55. The Labute approximate surface area is 207 Å². The van der Waals surface area contributed by atoms with Crippen molar-refractivity contribution in [2.75, 3.05) is 29.2 Å². The lowest BCUT2D eigenvalue weighted by Crippen LogP contribution is -2.40. The van der Waals surface area contributed by atoms with Crippen LogP contribution >= 0.6 is 11.3 Å². The normalized spacial score (nSPS) is 22.0. The van der Waals surface area contributed by atoms with Crippen LogP contribution in [0.2, 0.25) is 0 Å². The van der Waals surface area contributed by atoms with Crippen molar-refractivity contribution in [3.63, 3.8) is 0 Å². The molecule has 2 atom stereocenters. The number of hydrogen-bond acceptors (Lipinski definition) is 9. The Balaban J connectivity index is 1.28. The smallest absolute Gasteiger partial charge is 0.249 e. The molecule has 3 aromatic heterocycles. The fraction of sp³-hybridized carbons (Fsp3) is 0.542. The van der Waals surface area contributed by atoms with Gasteiger partial charge in [0.25, 0.3) is 0 Å². The highest BCUT2D eigenvalue weighted by Crippen LogP contribution is 2.36. The molecule has 10 nitrogen and oxygen atoms in total. The lowest BCUT2D eigenvalue weighted by molar-refractivity contribution is -0.117. The Morgan fingerprint density at radius 2 is 2.11 bits per heavy atom. The summed E-state index contributed by atoms with van der Waals surface area (Å²) in [5, 5.41) is 16.6. The molecule has 0 radical (unpaired) electrons.